The van der Waals surface area contributed by atoms with E-state index in [0.717, 1.165) is 6.92 Å². The Hall–Kier alpha value is -1.26. The van der Waals surface area contributed by atoms with Crippen molar-refractivity contribution in [1.82, 2.24) is 0 Å². The molecule has 0 bridgehead atoms. The van der Waals surface area contributed by atoms with Gasteiger partial charge in [-0.3, -0.25) is 0 Å². The van der Waals surface area contributed by atoms with E-state index in [1.54, 1.807) is 18.2 Å². The van der Waals surface area contributed by atoms with Gasteiger partial charge in [-0.15, -0.1) is 0 Å². The van der Waals surface area contributed by atoms with Crippen molar-refractivity contribution < 1.29 is 18.3 Å². The summed E-state index contributed by atoms with van der Waals surface area (Å²) in [5, 5.41) is 10.7. The molecule has 1 atom stereocenters. The zero-order chi connectivity index (χ0) is 13.6. The molecule has 0 radical (unpaired) electrons. The average molecular weight is 275 g/mol. The van der Waals surface area contributed by atoms with Crippen LogP contribution >= 0.6 is 11.6 Å². The minimum atomic E-state index is -4.76. The first-order chi connectivity index (χ1) is 8.25. The first-order valence-electron chi connectivity index (χ1n) is 5.22. The summed E-state index contributed by atoms with van der Waals surface area (Å²) in [6, 6.07) is 9.15. The van der Waals surface area contributed by atoms with Crippen LogP contribution in [0.15, 0.2) is 36.4 Å². The molecule has 2 rings (SSSR count). The lowest BCUT2D eigenvalue weighted by atomic mass is 9.90. The maximum Gasteiger partial charge on any atom is 0.421 e. The first-order valence-corrected chi connectivity index (χ1v) is 5.60. The van der Waals surface area contributed by atoms with Gasteiger partial charge in [-0.05, 0) is 18.4 Å². The molecule has 0 aliphatic carbocycles. The van der Waals surface area contributed by atoms with Gasteiger partial charge >= 0.3 is 6.18 Å². The summed E-state index contributed by atoms with van der Waals surface area (Å²) in [4.78, 5) is 0. The zero-order valence-corrected chi connectivity index (χ0v) is 10.2. The van der Waals surface area contributed by atoms with E-state index in [0.29, 0.717) is 5.39 Å². The number of hydrogen-bond donors (Lipinski definition) is 1. The summed E-state index contributed by atoms with van der Waals surface area (Å²) in [6.45, 7) is 0.727. The number of halogens is 4. The molecule has 1 nitrogen and oxygen atoms in total. The van der Waals surface area contributed by atoms with E-state index < -0.39 is 11.8 Å². The van der Waals surface area contributed by atoms with E-state index in [-0.39, 0.29) is 16.0 Å². The van der Waals surface area contributed by atoms with Crippen molar-refractivity contribution in [2.24, 2.45) is 0 Å². The van der Waals surface area contributed by atoms with Crippen LogP contribution < -0.4 is 0 Å². The standard InChI is InChI=1S/C13H10ClF3O/c1-12(18,13(15,16)17)9-6-2-4-8-5-3-7-10(14)11(8)9/h2-7,18H,1H3. The molecule has 0 aliphatic heterocycles. The van der Waals surface area contributed by atoms with Gasteiger partial charge in [0.05, 0.1) is 0 Å². The minimum Gasteiger partial charge on any atom is -0.376 e. The summed E-state index contributed by atoms with van der Waals surface area (Å²) >= 11 is 5.94. The van der Waals surface area contributed by atoms with Gasteiger partial charge in [0.1, 0.15) is 0 Å². The number of fused-ring (bicyclic) bond motifs is 1. The lowest BCUT2D eigenvalue weighted by Gasteiger charge is -2.28. The van der Waals surface area contributed by atoms with Crippen molar-refractivity contribution in [2.45, 2.75) is 18.7 Å². The molecular formula is C13H10ClF3O. The van der Waals surface area contributed by atoms with Gasteiger partial charge in [0.2, 0.25) is 0 Å². The van der Waals surface area contributed by atoms with E-state index in [4.69, 9.17) is 11.6 Å². The third-order valence-corrected chi connectivity index (χ3v) is 3.25. The lowest BCUT2D eigenvalue weighted by Crippen LogP contribution is -2.39. The third kappa shape index (κ3) is 1.95. The summed E-state index contributed by atoms with van der Waals surface area (Å²) in [5.74, 6) is 0. The summed E-state index contributed by atoms with van der Waals surface area (Å²) in [7, 11) is 0. The monoisotopic (exact) mass is 274 g/mol. The Labute approximate surface area is 107 Å². The third-order valence-electron chi connectivity index (χ3n) is 2.93. The van der Waals surface area contributed by atoms with Crippen molar-refractivity contribution >= 4 is 22.4 Å². The molecule has 0 heterocycles. The fourth-order valence-corrected chi connectivity index (χ4v) is 2.14. The fourth-order valence-electron chi connectivity index (χ4n) is 1.85. The van der Waals surface area contributed by atoms with Crippen LogP contribution in [0.4, 0.5) is 13.2 Å². The Morgan fingerprint density at radius 2 is 1.61 bits per heavy atom. The van der Waals surface area contributed by atoms with Crippen LogP contribution in [0.25, 0.3) is 10.8 Å². The van der Waals surface area contributed by atoms with Crippen molar-refractivity contribution in [3.05, 3.63) is 47.0 Å². The van der Waals surface area contributed by atoms with Crippen LogP contribution in [0, 0.1) is 0 Å². The zero-order valence-electron chi connectivity index (χ0n) is 9.42. The van der Waals surface area contributed by atoms with Crippen LogP contribution in [-0.4, -0.2) is 11.3 Å². The van der Waals surface area contributed by atoms with E-state index in [2.05, 4.69) is 0 Å². The van der Waals surface area contributed by atoms with Crippen LogP contribution in [0.1, 0.15) is 12.5 Å². The topological polar surface area (TPSA) is 20.2 Å². The van der Waals surface area contributed by atoms with Crippen LogP contribution in [0.2, 0.25) is 5.02 Å². The Morgan fingerprint density at radius 3 is 2.17 bits per heavy atom. The molecule has 0 fully saturated rings. The first kappa shape index (κ1) is 13.2. The molecule has 1 N–H and O–H groups in total. The van der Waals surface area contributed by atoms with Gasteiger partial charge < -0.3 is 5.11 Å². The van der Waals surface area contributed by atoms with E-state index in [1.165, 1.54) is 18.2 Å². The Balaban J connectivity index is 2.80. The molecule has 0 aliphatic rings. The maximum atomic E-state index is 12.9. The SMILES string of the molecule is CC(O)(c1cccc2cccc(Cl)c12)C(F)(F)F. The number of aliphatic hydroxyl groups is 1. The summed E-state index contributed by atoms with van der Waals surface area (Å²) in [5.41, 5.74) is -3.17. The second-order valence-electron chi connectivity index (χ2n) is 4.21. The molecule has 0 aromatic heterocycles. The van der Waals surface area contributed by atoms with Crippen LogP contribution in [0.3, 0.4) is 0 Å². The van der Waals surface area contributed by atoms with Crippen molar-refractivity contribution in [3.63, 3.8) is 0 Å². The van der Waals surface area contributed by atoms with Crippen LogP contribution in [-0.2, 0) is 5.60 Å². The molecule has 18 heavy (non-hydrogen) atoms. The highest BCUT2D eigenvalue weighted by Crippen LogP contribution is 2.42. The Kier molecular flexibility index (Phi) is 3.03. The highest BCUT2D eigenvalue weighted by molar-refractivity contribution is 6.35. The molecule has 96 valence electrons. The second-order valence-corrected chi connectivity index (χ2v) is 4.62. The molecule has 1 unspecified atom stereocenters. The van der Waals surface area contributed by atoms with Gasteiger partial charge in [0.25, 0.3) is 0 Å². The molecule has 0 amide bonds. The Morgan fingerprint density at radius 1 is 1.06 bits per heavy atom. The molecule has 2 aromatic carbocycles. The van der Waals surface area contributed by atoms with Crippen molar-refractivity contribution in [3.8, 4) is 0 Å². The normalized spacial score (nSPS) is 15.7. The predicted octanol–water partition coefficient (Wildman–Crippen LogP) is 4.26. The number of alkyl halides is 3. The predicted molar refractivity (Wildman–Crippen MR) is 64.6 cm³/mol. The highest BCUT2D eigenvalue weighted by Gasteiger charge is 2.51. The number of hydrogen-bond acceptors (Lipinski definition) is 1. The van der Waals surface area contributed by atoms with E-state index >= 15 is 0 Å². The largest absolute Gasteiger partial charge is 0.421 e. The molecule has 2 aromatic rings. The van der Waals surface area contributed by atoms with Gasteiger partial charge in [-0.2, -0.15) is 13.2 Å². The summed E-state index contributed by atoms with van der Waals surface area (Å²) in [6.07, 6.45) is -4.76. The minimum absolute atomic E-state index is 0.188. The number of benzene rings is 2. The molecule has 5 heteroatoms. The molecule has 0 saturated carbocycles. The van der Waals surface area contributed by atoms with E-state index in [1.807, 2.05) is 0 Å². The summed E-state index contributed by atoms with van der Waals surface area (Å²) < 4.78 is 38.7. The van der Waals surface area contributed by atoms with Crippen molar-refractivity contribution in [2.75, 3.05) is 0 Å². The Bertz CT molecular complexity index is 585. The molecule has 0 spiro atoms. The van der Waals surface area contributed by atoms with Crippen molar-refractivity contribution in [1.29, 1.82) is 0 Å². The molecule has 0 saturated heterocycles. The maximum absolute atomic E-state index is 12.9. The quantitative estimate of drug-likeness (QED) is 0.824. The van der Waals surface area contributed by atoms with Gasteiger partial charge in [0.15, 0.2) is 5.60 Å². The second kappa shape index (κ2) is 4.14. The van der Waals surface area contributed by atoms with Crippen LogP contribution in [0.5, 0.6) is 0 Å². The fraction of sp³-hybridized carbons (Fsp3) is 0.231. The van der Waals surface area contributed by atoms with Gasteiger partial charge in [-0.1, -0.05) is 41.9 Å². The lowest BCUT2D eigenvalue weighted by molar-refractivity contribution is -0.258. The highest BCUT2D eigenvalue weighted by atomic mass is 35.5. The molecular weight excluding hydrogens is 265 g/mol. The number of rotatable bonds is 1. The average Bonchev–Trinajstić information content (AvgIpc) is 2.27. The van der Waals surface area contributed by atoms with E-state index in [9.17, 15) is 18.3 Å². The van der Waals surface area contributed by atoms with Gasteiger partial charge in [-0.25, -0.2) is 0 Å². The van der Waals surface area contributed by atoms with Gasteiger partial charge in [0, 0.05) is 16.0 Å². The smallest absolute Gasteiger partial charge is 0.376 e.